The van der Waals surface area contributed by atoms with Gasteiger partial charge in [-0.2, -0.15) is 0 Å². The lowest BCUT2D eigenvalue weighted by molar-refractivity contribution is -0.162. The van der Waals surface area contributed by atoms with E-state index in [4.69, 9.17) is 15.2 Å². The predicted molar refractivity (Wildman–Crippen MR) is 313 cm³/mol. The summed E-state index contributed by atoms with van der Waals surface area (Å²) in [5.41, 5.74) is 13.8. The molecule has 5 aromatic heterocycles. The monoisotopic (exact) mass is 1130 g/mol. The summed E-state index contributed by atoms with van der Waals surface area (Å²) in [5.74, 6) is -4.18. The van der Waals surface area contributed by atoms with Crippen molar-refractivity contribution >= 4 is 64.3 Å². The second-order valence-corrected chi connectivity index (χ2v) is 20.0. The quantitative estimate of drug-likeness (QED) is 0.0184. The number of aryl methyl sites for hydroxylation is 4. The molecule has 10 N–H and O–H groups in total. The van der Waals surface area contributed by atoms with E-state index in [2.05, 4.69) is 39.9 Å². The van der Waals surface area contributed by atoms with Crippen molar-refractivity contribution in [2.75, 3.05) is 0 Å². The number of aromatic amines is 2. The van der Waals surface area contributed by atoms with Gasteiger partial charge in [0.15, 0.2) is 18.1 Å². The Hall–Kier alpha value is -9.44. The van der Waals surface area contributed by atoms with Crippen LogP contribution in [0.3, 0.4) is 0 Å². The molecule has 5 atom stereocenters. The molecule has 8 aromatic rings. The predicted octanol–water partition coefficient (Wildman–Crippen LogP) is 7.22. The van der Waals surface area contributed by atoms with E-state index >= 15 is 0 Å². The van der Waals surface area contributed by atoms with E-state index in [9.17, 15) is 49.8 Å². The third-order valence-electron chi connectivity index (χ3n) is 14.2. The lowest BCUT2D eigenvalue weighted by Gasteiger charge is -2.18. The molecule has 0 radical (unpaired) electrons. The highest BCUT2D eigenvalue weighted by Gasteiger charge is 2.29. The number of hydrogen-bond donors (Lipinski definition) is 9. The number of aromatic hydroxyl groups is 3. The number of ether oxygens (including phenoxy) is 2. The zero-order valence-electron chi connectivity index (χ0n) is 46.8. The van der Waals surface area contributed by atoms with E-state index in [-0.39, 0.29) is 78.0 Å². The molecule has 0 aliphatic heterocycles. The first-order valence-corrected chi connectivity index (χ1v) is 26.7. The third-order valence-corrected chi connectivity index (χ3v) is 14.2. The van der Waals surface area contributed by atoms with Gasteiger partial charge in [-0.15, -0.1) is 0 Å². The molecule has 0 bridgehead atoms. The number of nitrogens with zero attached hydrogens (tertiary/aromatic N) is 6. The number of rotatable bonds is 22. The fraction of sp³-hybridized carbons (Fsp3) is 0.290. The van der Waals surface area contributed by atoms with Gasteiger partial charge in [0, 0.05) is 124 Å². The summed E-state index contributed by atoms with van der Waals surface area (Å²) in [5, 5.41) is 63.1. The highest BCUT2D eigenvalue weighted by Crippen LogP contribution is 2.28. The van der Waals surface area contributed by atoms with Crippen LogP contribution < -0.4 is 5.73 Å². The number of carboxylic acids is 1. The SMILES string of the molecule is CC[C@H](C)[C@H](N)C(=O)OC(=O)[C@H](Cc1c[nH]c2ccccc12)N=Cc1c(CO)cnc(C)c1O.Cc1ccc2[nH]cc(C[C@H](N=Cc3c(CO)cnc(C)c3O)C(=O)OCc3cnc(C)c(O)c3C=N[C@@H](Cc3ccccc3)C(=O)O)c2c1. The Balaban J connectivity index is 0.000000255. The average Bonchev–Trinajstić information content (AvgIpc) is 4.20. The molecule has 8 rings (SSSR count). The summed E-state index contributed by atoms with van der Waals surface area (Å²) < 4.78 is 10.8. The molecule has 0 aliphatic rings. The fourth-order valence-electron chi connectivity index (χ4n) is 8.83. The number of para-hydroxylation sites is 1. The Kier molecular flexibility index (Phi) is 20.9. The molecule has 21 heteroatoms. The molecule has 0 saturated carbocycles. The van der Waals surface area contributed by atoms with E-state index in [1.807, 2.05) is 93.6 Å². The minimum atomic E-state index is -1.13. The van der Waals surface area contributed by atoms with E-state index < -0.39 is 54.7 Å². The van der Waals surface area contributed by atoms with Gasteiger partial charge in [-0.25, -0.2) is 19.2 Å². The minimum absolute atomic E-state index is 0.138. The van der Waals surface area contributed by atoms with Crippen LogP contribution in [0, 0.1) is 33.6 Å². The Morgan fingerprint density at radius 2 is 1.08 bits per heavy atom. The molecule has 83 heavy (non-hydrogen) atoms. The van der Waals surface area contributed by atoms with Crippen LogP contribution in [0.5, 0.6) is 17.2 Å². The number of nitrogens with two attached hydrogens (primary N) is 1. The number of carbonyl (C=O) groups excluding carboxylic acids is 3. The minimum Gasteiger partial charge on any atom is -0.505 e. The molecule has 0 saturated heterocycles. The molecule has 3 aromatic carbocycles. The summed E-state index contributed by atoms with van der Waals surface area (Å²) in [7, 11) is 0. The van der Waals surface area contributed by atoms with Crippen molar-refractivity contribution in [3.63, 3.8) is 0 Å². The van der Waals surface area contributed by atoms with Crippen LogP contribution in [0.15, 0.2) is 119 Å². The zero-order valence-corrected chi connectivity index (χ0v) is 46.8. The van der Waals surface area contributed by atoms with E-state index in [0.717, 1.165) is 44.1 Å². The number of aliphatic carboxylic acids is 1. The van der Waals surface area contributed by atoms with E-state index in [1.54, 1.807) is 33.2 Å². The average molecular weight is 1130 g/mol. The van der Waals surface area contributed by atoms with E-state index in [0.29, 0.717) is 34.5 Å². The van der Waals surface area contributed by atoms with Gasteiger partial charge in [-0.05, 0) is 68.5 Å². The van der Waals surface area contributed by atoms with Crippen LogP contribution in [0.25, 0.3) is 21.8 Å². The third kappa shape index (κ3) is 15.3. The maximum absolute atomic E-state index is 13.7. The largest absolute Gasteiger partial charge is 0.505 e. The summed E-state index contributed by atoms with van der Waals surface area (Å²) in [4.78, 5) is 83.0. The first-order valence-electron chi connectivity index (χ1n) is 26.7. The number of carboxylic acid groups (broad SMARTS) is 1. The standard InChI is InChI=1S/C37H37N5O7.C25H30N4O5/c1-21-9-10-31-28(11-21)25(14-40-31)13-33(42-17-29-26(19-43)15-38-22(2)34(29)44)37(48)49-20-27-16-39-23(3)35(45)30(27)18-41-32(36(46)47)12-24-7-5-4-6-8-24;1-4-14(2)22(26)25(33)34-24(32)21(9-16-10-28-20-8-6-5-7-18(16)20)29-12-19-17(13-30)11-27-15(3)23(19)31/h4-11,14-18,32-33,40,43-45H,12-13,19-20H2,1-3H3,(H,46,47);5-8,10-12,14,21-22,28,30-31H,4,9,13,26H2,1-3H3/t32-,33-;14-,21-,22-/m00/s1. The summed E-state index contributed by atoms with van der Waals surface area (Å²) in [6.07, 6.45) is 12.9. The first kappa shape index (κ1) is 61.2. The molecule has 5 heterocycles. The molecule has 0 aliphatic carbocycles. The Bertz CT molecular complexity index is 3710. The number of aliphatic hydroxyl groups is 2. The summed E-state index contributed by atoms with van der Waals surface area (Å²) >= 11 is 0. The Labute approximate surface area is 478 Å². The van der Waals surface area contributed by atoms with Gasteiger partial charge in [0.05, 0.1) is 30.3 Å². The van der Waals surface area contributed by atoms with Crippen LogP contribution in [0.1, 0.15) is 93.0 Å². The normalized spacial score (nSPS) is 13.5. The number of nitrogens with one attached hydrogen (secondary N) is 2. The first-order chi connectivity index (χ1) is 39.8. The topological polar surface area (TPSA) is 341 Å². The van der Waals surface area contributed by atoms with Crippen molar-refractivity contribution in [1.29, 1.82) is 0 Å². The van der Waals surface area contributed by atoms with Gasteiger partial charge in [-0.1, -0.05) is 80.4 Å². The molecule has 432 valence electrons. The zero-order chi connectivity index (χ0) is 59.9. The molecular weight excluding hydrogens is 1060 g/mol. The van der Waals surface area contributed by atoms with Gasteiger partial charge in [0.2, 0.25) is 0 Å². The van der Waals surface area contributed by atoms with Gasteiger partial charge in [0.25, 0.3) is 0 Å². The van der Waals surface area contributed by atoms with Crippen LogP contribution in [0.2, 0.25) is 0 Å². The molecule has 0 amide bonds. The lowest BCUT2D eigenvalue weighted by Crippen LogP contribution is -2.40. The fourth-order valence-corrected chi connectivity index (χ4v) is 8.83. The van der Waals surface area contributed by atoms with Crippen LogP contribution in [-0.4, -0.2) is 122 Å². The van der Waals surface area contributed by atoms with Crippen LogP contribution >= 0.6 is 0 Å². The molecule has 0 spiro atoms. The van der Waals surface area contributed by atoms with Gasteiger partial charge < -0.3 is 55.8 Å². The van der Waals surface area contributed by atoms with Crippen molar-refractivity contribution in [2.24, 2.45) is 26.6 Å². The molecule has 0 fully saturated rings. The van der Waals surface area contributed by atoms with Crippen molar-refractivity contribution < 1.29 is 59.3 Å². The number of benzene rings is 3. The number of aliphatic hydroxyl groups excluding tert-OH is 2. The number of aromatic nitrogens is 5. The maximum atomic E-state index is 13.7. The lowest BCUT2D eigenvalue weighted by atomic mass is 10.0. The highest BCUT2D eigenvalue weighted by atomic mass is 16.6. The number of fused-ring (bicyclic) bond motifs is 2. The number of esters is 3. The Morgan fingerprint density at radius 1 is 0.602 bits per heavy atom. The number of carbonyl (C=O) groups is 4. The smallest absolute Gasteiger partial charge is 0.338 e. The van der Waals surface area contributed by atoms with Gasteiger partial charge in [-0.3, -0.25) is 29.9 Å². The number of H-pyrrole nitrogens is 2. The molecule has 0 unspecified atom stereocenters. The van der Waals surface area contributed by atoms with Crippen molar-refractivity contribution in [1.82, 2.24) is 24.9 Å². The summed E-state index contributed by atoms with van der Waals surface area (Å²) in [6, 6.07) is 18.4. The molecular formula is C62H67N9O12. The maximum Gasteiger partial charge on any atom is 0.338 e. The van der Waals surface area contributed by atoms with Crippen LogP contribution in [-0.2, 0) is 67.7 Å². The van der Waals surface area contributed by atoms with Crippen molar-refractivity contribution in [2.45, 2.75) is 111 Å². The number of hydrogen-bond acceptors (Lipinski definition) is 18. The van der Waals surface area contributed by atoms with Crippen molar-refractivity contribution in [3.8, 4) is 17.2 Å². The number of pyridine rings is 3. The molecule has 21 nitrogen and oxygen atoms in total. The van der Waals surface area contributed by atoms with E-state index in [1.165, 1.54) is 37.2 Å². The van der Waals surface area contributed by atoms with Gasteiger partial charge in [0.1, 0.15) is 29.9 Å². The Morgan fingerprint density at radius 3 is 1.63 bits per heavy atom. The second-order valence-electron chi connectivity index (χ2n) is 20.0. The summed E-state index contributed by atoms with van der Waals surface area (Å²) in [6.45, 7) is 9.39. The second kappa shape index (κ2) is 28.3. The van der Waals surface area contributed by atoms with Crippen LogP contribution in [0.4, 0.5) is 0 Å². The number of aliphatic imine (C=N–C) groups is 3. The highest BCUT2D eigenvalue weighted by molar-refractivity contribution is 5.95. The van der Waals surface area contributed by atoms with Gasteiger partial charge >= 0.3 is 23.9 Å². The van der Waals surface area contributed by atoms with Crippen molar-refractivity contribution in [3.05, 3.63) is 176 Å².